The largest absolute Gasteiger partial charge is 0.464 e. The van der Waals surface area contributed by atoms with Crippen LogP contribution in [0.5, 0.6) is 0 Å². The average molecular weight is 237 g/mol. The Morgan fingerprint density at radius 3 is 2.82 bits per heavy atom. The zero-order valence-corrected chi connectivity index (χ0v) is 9.45. The van der Waals surface area contributed by atoms with Gasteiger partial charge in [0, 0.05) is 16.5 Å². The van der Waals surface area contributed by atoms with Gasteiger partial charge in [-0.05, 0) is 25.1 Å². The molecule has 0 aliphatic heterocycles. The highest BCUT2D eigenvalue weighted by Crippen LogP contribution is 2.27. The van der Waals surface area contributed by atoms with Gasteiger partial charge in [0.15, 0.2) is 0 Å². The maximum atomic E-state index is 13.6. The highest BCUT2D eigenvalue weighted by atomic mass is 19.1. The average Bonchev–Trinajstić information content (AvgIpc) is 2.70. The number of aromatic amines is 1. The first kappa shape index (κ1) is 11.6. The summed E-state index contributed by atoms with van der Waals surface area (Å²) in [6.07, 6.45) is -0.944. The molecule has 0 saturated heterocycles. The van der Waals surface area contributed by atoms with Gasteiger partial charge in [-0.1, -0.05) is 0 Å². The van der Waals surface area contributed by atoms with E-state index < -0.39 is 17.9 Å². The molecule has 2 aromatic rings. The van der Waals surface area contributed by atoms with Gasteiger partial charge in [-0.2, -0.15) is 0 Å². The number of H-pyrrole nitrogens is 1. The van der Waals surface area contributed by atoms with Crippen LogP contribution in [0.4, 0.5) is 4.39 Å². The van der Waals surface area contributed by atoms with Crippen molar-refractivity contribution in [3.8, 4) is 0 Å². The molecule has 2 rings (SSSR count). The number of nitrogens with one attached hydrogen (secondary N) is 1. The molecule has 0 saturated carbocycles. The van der Waals surface area contributed by atoms with Gasteiger partial charge in [0.25, 0.3) is 0 Å². The molecule has 0 aliphatic carbocycles. The third kappa shape index (κ3) is 1.89. The zero-order valence-electron chi connectivity index (χ0n) is 9.45. The Balaban J connectivity index is 2.68. The quantitative estimate of drug-likeness (QED) is 0.786. The number of ether oxygens (including phenoxy) is 1. The van der Waals surface area contributed by atoms with E-state index in [1.807, 2.05) is 0 Å². The summed E-state index contributed by atoms with van der Waals surface area (Å²) in [5, 5.41) is 10.0. The van der Waals surface area contributed by atoms with Gasteiger partial charge in [-0.15, -0.1) is 0 Å². The summed E-state index contributed by atoms with van der Waals surface area (Å²) in [6.45, 7) is 1.47. The Morgan fingerprint density at radius 1 is 1.53 bits per heavy atom. The predicted molar refractivity (Wildman–Crippen MR) is 60.2 cm³/mol. The second-order valence-corrected chi connectivity index (χ2v) is 3.77. The molecule has 17 heavy (non-hydrogen) atoms. The standard InChI is InChI=1S/C12H12FNO3/c1-6(15)11-7-5-10(12(16)17-2)14-9(7)4-3-8(11)13/h3-6,14-15H,1-2H3. The lowest BCUT2D eigenvalue weighted by molar-refractivity contribution is 0.0595. The fourth-order valence-corrected chi connectivity index (χ4v) is 1.84. The Labute approximate surface area is 97.0 Å². The molecule has 1 heterocycles. The number of carbonyl (C=O) groups is 1. The van der Waals surface area contributed by atoms with Crippen LogP contribution in [0.25, 0.3) is 10.9 Å². The number of aliphatic hydroxyl groups is 1. The number of carbonyl (C=O) groups excluding carboxylic acids is 1. The number of hydrogen-bond acceptors (Lipinski definition) is 3. The molecule has 4 nitrogen and oxygen atoms in total. The number of methoxy groups -OCH3 is 1. The fraction of sp³-hybridized carbons (Fsp3) is 0.250. The van der Waals surface area contributed by atoms with Gasteiger partial charge in [0.05, 0.1) is 13.2 Å². The molecule has 0 aliphatic rings. The second-order valence-electron chi connectivity index (χ2n) is 3.77. The van der Waals surface area contributed by atoms with Crippen molar-refractivity contribution in [2.75, 3.05) is 7.11 Å². The van der Waals surface area contributed by atoms with E-state index in [2.05, 4.69) is 9.72 Å². The molecular weight excluding hydrogens is 225 g/mol. The van der Waals surface area contributed by atoms with Crippen molar-refractivity contribution in [3.05, 3.63) is 35.3 Å². The molecular formula is C12H12FNO3. The number of hydrogen-bond donors (Lipinski definition) is 2. The Morgan fingerprint density at radius 2 is 2.24 bits per heavy atom. The van der Waals surface area contributed by atoms with Crippen molar-refractivity contribution < 1.29 is 19.0 Å². The van der Waals surface area contributed by atoms with E-state index in [1.165, 1.54) is 32.2 Å². The number of esters is 1. The molecule has 1 unspecified atom stereocenters. The van der Waals surface area contributed by atoms with Gasteiger partial charge >= 0.3 is 5.97 Å². The molecule has 0 radical (unpaired) electrons. The van der Waals surface area contributed by atoms with Gasteiger partial charge in [0.1, 0.15) is 11.5 Å². The highest BCUT2D eigenvalue weighted by Gasteiger charge is 2.17. The van der Waals surface area contributed by atoms with E-state index in [0.717, 1.165) is 0 Å². The van der Waals surface area contributed by atoms with Gasteiger partial charge in [0.2, 0.25) is 0 Å². The topological polar surface area (TPSA) is 62.3 Å². The first-order valence-electron chi connectivity index (χ1n) is 5.12. The van der Waals surface area contributed by atoms with Crippen LogP contribution >= 0.6 is 0 Å². The minimum atomic E-state index is -0.944. The van der Waals surface area contributed by atoms with Crippen molar-refractivity contribution in [1.82, 2.24) is 4.98 Å². The van der Waals surface area contributed by atoms with Gasteiger partial charge in [-0.25, -0.2) is 9.18 Å². The SMILES string of the molecule is COC(=O)c1cc2c(C(C)O)c(F)ccc2[nH]1. The van der Waals surface area contributed by atoms with Crippen LogP contribution in [0.3, 0.4) is 0 Å². The first-order chi connectivity index (χ1) is 8.04. The van der Waals surface area contributed by atoms with E-state index in [9.17, 15) is 14.3 Å². The predicted octanol–water partition coefficient (Wildman–Crippen LogP) is 2.15. The van der Waals surface area contributed by atoms with Crippen molar-refractivity contribution in [2.45, 2.75) is 13.0 Å². The summed E-state index contributed by atoms with van der Waals surface area (Å²) in [5.74, 6) is -1.03. The molecule has 1 aromatic carbocycles. The van der Waals surface area contributed by atoms with Crippen LogP contribution in [-0.4, -0.2) is 23.2 Å². The summed E-state index contributed by atoms with van der Waals surface area (Å²) >= 11 is 0. The lowest BCUT2D eigenvalue weighted by Crippen LogP contribution is -2.00. The van der Waals surface area contributed by atoms with Crippen molar-refractivity contribution >= 4 is 16.9 Å². The van der Waals surface area contributed by atoms with E-state index in [1.54, 1.807) is 0 Å². The Bertz CT molecular complexity index is 574. The summed E-state index contributed by atoms with van der Waals surface area (Å²) < 4.78 is 18.1. The molecule has 0 amide bonds. The number of aliphatic hydroxyl groups excluding tert-OH is 1. The monoisotopic (exact) mass is 237 g/mol. The zero-order chi connectivity index (χ0) is 12.6. The summed E-state index contributed by atoms with van der Waals surface area (Å²) in [5.41, 5.74) is 0.992. The Kier molecular flexibility index (Phi) is 2.85. The molecule has 1 atom stereocenters. The molecule has 90 valence electrons. The van der Waals surface area contributed by atoms with Crippen molar-refractivity contribution in [3.63, 3.8) is 0 Å². The number of aromatic nitrogens is 1. The van der Waals surface area contributed by atoms with Crippen LogP contribution in [0.2, 0.25) is 0 Å². The normalized spacial score (nSPS) is 12.7. The highest BCUT2D eigenvalue weighted by molar-refractivity contribution is 5.96. The minimum absolute atomic E-state index is 0.175. The molecule has 5 heteroatoms. The fourth-order valence-electron chi connectivity index (χ4n) is 1.84. The summed E-state index contributed by atoms with van der Waals surface area (Å²) in [7, 11) is 1.27. The van der Waals surface area contributed by atoms with Gasteiger partial charge < -0.3 is 14.8 Å². The van der Waals surface area contributed by atoms with E-state index in [-0.39, 0.29) is 11.3 Å². The van der Waals surface area contributed by atoms with E-state index in [4.69, 9.17) is 0 Å². The van der Waals surface area contributed by atoms with Crippen molar-refractivity contribution in [1.29, 1.82) is 0 Å². The van der Waals surface area contributed by atoms with Gasteiger partial charge in [-0.3, -0.25) is 0 Å². The van der Waals surface area contributed by atoms with Crippen LogP contribution < -0.4 is 0 Å². The summed E-state index contributed by atoms with van der Waals surface area (Å²) in [6, 6.07) is 4.25. The van der Waals surface area contributed by atoms with Crippen LogP contribution in [0.15, 0.2) is 18.2 Å². The third-order valence-electron chi connectivity index (χ3n) is 2.62. The Hall–Kier alpha value is -1.88. The number of halogens is 1. The summed E-state index contributed by atoms with van der Waals surface area (Å²) in [4.78, 5) is 14.2. The second kappa shape index (κ2) is 4.18. The lowest BCUT2D eigenvalue weighted by Gasteiger charge is -2.07. The molecule has 2 N–H and O–H groups in total. The third-order valence-corrected chi connectivity index (χ3v) is 2.62. The molecule has 1 aromatic heterocycles. The number of benzene rings is 1. The maximum absolute atomic E-state index is 13.6. The van der Waals surface area contributed by atoms with Crippen LogP contribution in [-0.2, 0) is 4.74 Å². The number of fused-ring (bicyclic) bond motifs is 1. The number of rotatable bonds is 2. The molecule has 0 fully saturated rings. The van der Waals surface area contributed by atoms with Crippen LogP contribution in [0.1, 0.15) is 29.1 Å². The van der Waals surface area contributed by atoms with Crippen molar-refractivity contribution in [2.24, 2.45) is 0 Å². The minimum Gasteiger partial charge on any atom is -0.464 e. The lowest BCUT2D eigenvalue weighted by atomic mass is 10.1. The molecule has 0 spiro atoms. The smallest absolute Gasteiger partial charge is 0.354 e. The first-order valence-corrected chi connectivity index (χ1v) is 5.12. The van der Waals surface area contributed by atoms with E-state index >= 15 is 0 Å². The molecule has 0 bridgehead atoms. The maximum Gasteiger partial charge on any atom is 0.354 e. The van der Waals surface area contributed by atoms with E-state index in [0.29, 0.717) is 10.9 Å². The van der Waals surface area contributed by atoms with Crippen LogP contribution in [0, 0.1) is 5.82 Å².